The summed E-state index contributed by atoms with van der Waals surface area (Å²) >= 11 is 0. The van der Waals surface area contributed by atoms with Crippen LogP contribution in [-0.2, 0) is 31.9 Å². The van der Waals surface area contributed by atoms with Crippen LogP contribution in [0.3, 0.4) is 0 Å². The zero-order valence-corrected chi connectivity index (χ0v) is 41.2. The molecule has 4 amide bonds. The molecular formula is C57H62N8O8. The van der Waals surface area contributed by atoms with Crippen LogP contribution in [-0.4, -0.2) is 114 Å². The first-order valence-electron chi connectivity index (χ1n) is 26.7. The fourth-order valence-electron chi connectivity index (χ4n) is 16.3. The van der Waals surface area contributed by atoms with Crippen molar-refractivity contribution in [3.05, 3.63) is 101 Å². The van der Waals surface area contributed by atoms with E-state index < -0.39 is 36.5 Å². The lowest BCUT2D eigenvalue weighted by Crippen LogP contribution is -2.66. The van der Waals surface area contributed by atoms with Crippen LogP contribution in [0, 0.1) is 35.5 Å². The number of amides is 4. The summed E-state index contributed by atoms with van der Waals surface area (Å²) in [6.45, 7) is 0. The van der Waals surface area contributed by atoms with Crippen LogP contribution in [0.5, 0.6) is 0 Å². The monoisotopic (exact) mass is 986 g/mol. The molecule has 3 saturated carbocycles. The minimum absolute atomic E-state index is 0.0727. The fourth-order valence-corrected chi connectivity index (χ4v) is 16.3. The van der Waals surface area contributed by atoms with Gasteiger partial charge in [-0.25, -0.2) is 19.6 Å². The number of carbonyl (C=O) groups is 4. The summed E-state index contributed by atoms with van der Waals surface area (Å²) in [5.41, 5.74) is 12.0. The third-order valence-corrected chi connectivity index (χ3v) is 19.4. The van der Waals surface area contributed by atoms with E-state index in [-0.39, 0.29) is 65.1 Å². The first-order valence-corrected chi connectivity index (χ1v) is 26.7. The molecule has 378 valence electrons. The molecule has 6 N–H and O–H groups in total. The molecule has 14 atom stereocenters. The van der Waals surface area contributed by atoms with Gasteiger partial charge in [0.2, 0.25) is 11.8 Å². The van der Waals surface area contributed by atoms with Gasteiger partial charge in [0.15, 0.2) is 0 Å². The van der Waals surface area contributed by atoms with Gasteiger partial charge < -0.3 is 50.1 Å². The molecule has 4 unspecified atom stereocenters. The van der Waals surface area contributed by atoms with Crippen LogP contribution >= 0.6 is 0 Å². The standard InChI is InChI=1S/C57H62N8O8/c1-72-55(70)62-46-49(66)35-7-3-5-33-25-43(64(48(33)35)53(46)68)51-58-39-19-17-31(23-41(39)60-51)36-21-27-9-13-29(36)14-10-28-12-16-30(15-11-27)37(22-28)32-18-20-40-42(24-32)61-52(59-40)44-26-34-6-4-8-38-45-50(67)47(63-56(71)73-2)54(69)65(44)57(34,38)45/h9,12-13,16-21,23-24,28,33-35,38,43-50,66-67H,3-8,10-11,14-15,22,25-26H2,1-2H3,(H,58,60)(H,59,61)(H,62,70)(H,63,71)/t28-,33+,34+,35?,38?,43+,44+,45?,46+,47+,48-,49-,50-,57?/m1/s1. The SMILES string of the molecule is COC(=O)N[C@@H]1C(=O)N2[C@H](c3nc4ccc(-c5cc6ccc5CC[C@@H]5C=CC(=C(c7ccc8nc([C@@H]9C[C@@H]%10CCCC%11C%12[C@@H](O)[C@H](NC(=O)OC)C(=O)N9C%11%12%10)[nH]c8c7)C5)CC6)cc4[nH]3)C[C@@H]3CCCC([C@H]1O)[C@@H]32. The van der Waals surface area contributed by atoms with Crippen molar-refractivity contribution in [3.8, 4) is 11.1 Å². The third-order valence-electron chi connectivity index (χ3n) is 19.4. The van der Waals surface area contributed by atoms with Crippen LogP contribution in [0.25, 0.3) is 38.8 Å². The van der Waals surface area contributed by atoms with Gasteiger partial charge in [-0.3, -0.25) is 9.59 Å². The number of aliphatic hydroxyl groups is 2. The van der Waals surface area contributed by atoms with E-state index in [0.717, 1.165) is 123 Å². The second kappa shape index (κ2) is 16.8. The Labute approximate surface area is 422 Å². The zero-order valence-electron chi connectivity index (χ0n) is 41.2. The number of imidazole rings is 2. The molecule has 5 aromatic rings. The van der Waals surface area contributed by atoms with Gasteiger partial charge in [-0.05, 0) is 158 Å². The first-order chi connectivity index (χ1) is 35.5. The number of methoxy groups -OCH3 is 2. The molecule has 3 aromatic carbocycles. The highest BCUT2D eigenvalue weighted by atomic mass is 16.5. The maximum Gasteiger partial charge on any atom is 0.407 e. The van der Waals surface area contributed by atoms with Crippen molar-refractivity contribution in [1.29, 1.82) is 0 Å². The number of hydrogen-bond donors (Lipinski definition) is 6. The number of hydrogen-bond acceptors (Lipinski definition) is 10. The third kappa shape index (κ3) is 6.77. The van der Waals surface area contributed by atoms with Crippen molar-refractivity contribution in [2.45, 2.75) is 131 Å². The molecule has 1 spiro atoms. The van der Waals surface area contributed by atoms with Crippen molar-refractivity contribution < 1.29 is 38.9 Å². The van der Waals surface area contributed by atoms with E-state index >= 15 is 0 Å². The quantitative estimate of drug-likeness (QED) is 0.0997. The van der Waals surface area contributed by atoms with E-state index in [1.807, 2.05) is 9.80 Å². The zero-order chi connectivity index (χ0) is 49.6. The molecule has 2 aromatic heterocycles. The van der Waals surface area contributed by atoms with Gasteiger partial charge in [0.25, 0.3) is 0 Å². The lowest BCUT2D eigenvalue weighted by molar-refractivity contribution is -0.154. The summed E-state index contributed by atoms with van der Waals surface area (Å²) in [7, 11) is 2.53. The number of rotatable bonds is 6. The van der Waals surface area contributed by atoms with Crippen LogP contribution in [0.15, 0.2) is 72.3 Å². The van der Waals surface area contributed by atoms with Crippen LogP contribution in [0.4, 0.5) is 9.59 Å². The number of aromatic nitrogens is 4. The highest BCUT2D eigenvalue weighted by molar-refractivity contribution is 5.91. The molecule has 73 heavy (non-hydrogen) atoms. The second-order valence-electron chi connectivity index (χ2n) is 22.7. The molecule has 6 heterocycles. The van der Waals surface area contributed by atoms with E-state index in [2.05, 4.69) is 87.4 Å². The Balaban J connectivity index is 0.729. The maximum absolute atomic E-state index is 14.4. The van der Waals surface area contributed by atoms with Crippen LogP contribution < -0.4 is 10.6 Å². The predicted octanol–water partition coefficient (Wildman–Crippen LogP) is 7.33. The van der Waals surface area contributed by atoms with Crippen LogP contribution in [0.1, 0.15) is 111 Å². The van der Waals surface area contributed by atoms with Crippen molar-refractivity contribution in [1.82, 2.24) is 40.4 Å². The minimum atomic E-state index is -1.07. The van der Waals surface area contributed by atoms with E-state index in [1.54, 1.807) is 0 Å². The van der Waals surface area contributed by atoms with Gasteiger partial charge in [0, 0.05) is 17.9 Å². The Morgan fingerprint density at radius 2 is 1.47 bits per heavy atom. The number of nitrogens with one attached hydrogen (secondary N) is 4. The number of aryl methyl sites for hydroxylation is 2. The summed E-state index contributed by atoms with van der Waals surface area (Å²) in [6, 6.07) is 17.2. The molecule has 0 radical (unpaired) electrons. The Morgan fingerprint density at radius 3 is 2.23 bits per heavy atom. The van der Waals surface area contributed by atoms with E-state index in [0.29, 0.717) is 5.92 Å². The predicted molar refractivity (Wildman–Crippen MR) is 269 cm³/mol. The molecule has 17 rings (SSSR count). The topological polar surface area (TPSA) is 215 Å². The number of nitrogens with zero attached hydrogens (tertiary/aromatic N) is 4. The number of allylic oxidation sites excluding steroid dienone is 4. The molecule has 12 aliphatic rings. The normalized spacial score (nSPS) is 34.9. The number of ether oxygens (including phenoxy) is 2. The largest absolute Gasteiger partial charge is 0.453 e. The number of aliphatic hydroxyl groups excluding tert-OH is 2. The summed E-state index contributed by atoms with van der Waals surface area (Å²) in [6.07, 6.45) is 13.3. The van der Waals surface area contributed by atoms with Crippen LogP contribution in [0.2, 0.25) is 0 Å². The van der Waals surface area contributed by atoms with Crippen molar-refractivity contribution in [3.63, 3.8) is 0 Å². The highest BCUT2D eigenvalue weighted by Crippen LogP contribution is 2.74. The summed E-state index contributed by atoms with van der Waals surface area (Å²) in [4.78, 5) is 74.7. The van der Waals surface area contributed by atoms with Gasteiger partial charge in [0.1, 0.15) is 23.7 Å². The first kappa shape index (κ1) is 45.1. The van der Waals surface area contributed by atoms with Gasteiger partial charge in [0.05, 0.1) is 66.1 Å². The fraction of sp³-hybridized carbons (Fsp3) is 0.509. The summed E-state index contributed by atoms with van der Waals surface area (Å²) < 4.78 is 9.70. The molecule has 16 nitrogen and oxygen atoms in total. The molecular weight excluding hydrogens is 925 g/mol. The Kier molecular flexibility index (Phi) is 10.4. The molecule has 7 fully saturated rings. The van der Waals surface area contributed by atoms with E-state index in [9.17, 15) is 29.4 Å². The average molecular weight is 987 g/mol. The Bertz CT molecular complexity index is 3210. The van der Waals surface area contributed by atoms with Crippen molar-refractivity contribution >= 4 is 51.6 Å². The Morgan fingerprint density at radius 1 is 0.753 bits per heavy atom. The minimum Gasteiger partial charge on any atom is -0.453 e. The summed E-state index contributed by atoms with van der Waals surface area (Å²) in [5.74, 6) is 1.85. The molecule has 4 aliphatic heterocycles. The maximum atomic E-state index is 14.4. The number of aromatic amines is 2. The second-order valence-corrected chi connectivity index (χ2v) is 22.7. The number of benzene rings is 3. The number of piperidine rings is 2. The molecule has 16 heteroatoms. The summed E-state index contributed by atoms with van der Waals surface area (Å²) in [5, 5.41) is 28.2. The number of fused-ring (bicyclic) bond motifs is 3. The van der Waals surface area contributed by atoms with Gasteiger partial charge in [-0.15, -0.1) is 0 Å². The van der Waals surface area contributed by atoms with E-state index in [4.69, 9.17) is 19.4 Å². The molecule has 4 bridgehead atoms. The molecule has 8 aliphatic carbocycles. The lowest BCUT2D eigenvalue weighted by atomic mass is 9.71. The van der Waals surface area contributed by atoms with Gasteiger partial charge >= 0.3 is 12.2 Å². The average Bonchev–Trinajstić information content (AvgIpc) is 3.93. The highest BCUT2D eigenvalue weighted by Gasteiger charge is 2.82. The lowest BCUT2D eigenvalue weighted by Gasteiger charge is -2.48. The van der Waals surface area contributed by atoms with Gasteiger partial charge in [-0.2, -0.15) is 0 Å². The number of carbonyl (C=O) groups excluding carboxylic acids is 4. The number of alkyl carbamates (subject to hydrolysis) is 2. The van der Waals surface area contributed by atoms with Gasteiger partial charge in [-0.1, -0.05) is 55.3 Å². The number of H-pyrrole nitrogens is 2. The molecule has 4 saturated heterocycles. The van der Waals surface area contributed by atoms with Crippen molar-refractivity contribution in [2.24, 2.45) is 35.5 Å². The van der Waals surface area contributed by atoms with Crippen molar-refractivity contribution in [2.75, 3.05) is 14.2 Å². The smallest absolute Gasteiger partial charge is 0.407 e. The van der Waals surface area contributed by atoms with E-state index in [1.165, 1.54) is 47.6 Å². The Hall–Kier alpha value is -6.52.